The lowest BCUT2D eigenvalue weighted by atomic mass is 10.0. The lowest BCUT2D eigenvalue weighted by molar-refractivity contribution is -0.384. The Kier molecular flexibility index (Phi) is 5.18. The first-order valence-electron chi connectivity index (χ1n) is 5.13. The highest BCUT2D eigenvalue weighted by Crippen LogP contribution is 2.32. The van der Waals surface area contributed by atoms with E-state index < -0.39 is 41.8 Å². The van der Waals surface area contributed by atoms with Gasteiger partial charge >= 0.3 is 0 Å². The molecule has 0 aliphatic carbocycles. The van der Waals surface area contributed by atoms with Gasteiger partial charge < -0.3 is 20.6 Å². The van der Waals surface area contributed by atoms with Crippen LogP contribution in [0.25, 0.3) is 0 Å². The monoisotopic (exact) mass is 338 g/mol. The van der Waals surface area contributed by atoms with Crippen LogP contribution in [0, 0.1) is 15.9 Å². The van der Waals surface area contributed by atoms with Gasteiger partial charge in [0.25, 0.3) is 5.69 Å². The van der Waals surface area contributed by atoms with Gasteiger partial charge in [0, 0.05) is 12.1 Å². The molecule has 1 rings (SSSR count). The van der Waals surface area contributed by atoms with E-state index in [2.05, 4.69) is 21.2 Å². The van der Waals surface area contributed by atoms with Crippen LogP contribution in [0.5, 0.6) is 0 Å². The average Bonchev–Trinajstić information content (AvgIpc) is 2.39. The molecule has 0 radical (unpaired) electrons. The molecule has 0 fully saturated rings. The third kappa shape index (κ3) is 3.38. The van der Waals surface area contributed by atoms with Crippen molar-refractivity contribution in [2.45, 2.75) is 5.54 Å². The molecule has 7 nitrogen and oxygen atoms in total. The minimum atomic E-state index is -1.58. The highest BCUT2D eigenvalue weighted by molar-refractivity contribution is 9.10. The number of hydrogen-bond acceptors (Lipinski definition) is 6. The van der Waals surface area contributed by atoms with Crippen molar-refractivity contribution >= 4 is 27.3 Å². The number of halogens is 2. The van der Waals surface area contributed by atoms with Crippen LogP contribution >= 0.6 is 15.9 Å². The SMILES string of the molecule is O=[N+]([O-])c1cc(Br)c(F)cc1NC(CO)(CO)CO. The van der Waals surface area contributed by atoms with Crippen molar-refractivity contribution in [3.05, 3.63) is 32.5 Å². The summed E-state index contributed by atoms with van der Waals surface area (Å²) in [6.45, 7) is -2.06. The number of aliphatic hydroxyl groups excluding tert-OH is 3. The van der Waals surface area contributed by atoms with E-state index in [1.807, 2.05) is 0 Å². The minimum absolute atomic E-state index is 0.0904. The Bertz CT molecular complexity index is 473. The number of hydrogen-bond donors (Lipinski definition) is 4. The van der Waals surface area contributed by atoms with E-state index in [1.54, 1.807) is 0 Å². The fraction of sp³-hybridized carbons (Fsp3) is 0.400. The number of rotatable bonds is 6. The molecule has 0 bridgehead atoms. The van der Waals surface area contributed by atoms with Gasteiger partial charge in [0.1, 0.15) is 17.0 Å². The molecule has 0 unspecified atom stereocenters. The van der Waals surface area contributed by atoms with Crippen LogP contribution < -0.4 is 5.32 Å². The van der Waals surface area contributed by atoms with Gasteiger partial charge in [-0.05, 0) is 15.9 Å². The summed E-state index contributed by atoms with van der Waals surface area (Å²) in [5.41, 5.74) is -2.28. The zero-order chi connectivity index (χ0) is 14.6. The Hall–Kier alpha value is -1.29. The van der Waals surface area contributed by atoms with Gasteiger partial charge in [-0.15, -0.1) is 0 Å². The maximum absolute atomic E-state index is 13.4. The summed E-state index contributed by atoms with van der Waals surface area (Å²) in [5.74, 6) is -0.754. The van der Waals surface area contributed by atoms with Gasteiger partial charge in [0.15, 0.2) is 0 Å². The number of nitro benzene ring substituents is 1. The summed E-state index contributed by atoms with van der Waals surface area (Å²) >= 11 is 2.82. The molecule has 0 saturated heterocycles. The molecule has 106 valence electrons. The average molecular weight is 339 g/mol. The summed E-state index contributed by atoms with van der Waals surface area (Å²) in [6, 6.07) is 1.80. The van der Waals surface area contributed by atoms with Gasteiger partial charge in [-0.1, -0.05) is 0 Å². The van der Waals surface area contributed by atoms with Gasteiger partial charge in [-0.3, -0.25) is 10.1 Å². The topological polar surface area (TPSA) is 116 Å². The molecular weight excluding hydrogens is 327 g/mol. The molecule has 0 aliphatic rings. The fourth-order valence-electron chi connectivity index (χ4n) is 1.34. The zero-order valence-electron chi connectivity index (χ0n) is 9.64. The quantitative estimate of drug-likeness (QED) is 0.446. The first kappa shape index (κ1) is 15.8. The molecule has 1 aromatic carbocycles. The largest absolute Gasteiger partial charge is 0.394 e. The van der Waals surface area contributed by atoms with Crippen molar-refractivity contribution in [3.8, 4) is 0 Å². The summed E-state index contributed by atoms with van der Waals surface area (Å²) in [6.07, 6.45) is 0. The molecule has 0 aromatic heterocycles. The number of aliphatic hydroxyl groups is 3. The predicted octanol–water partition coefficient (Wildman–Crippen LogP) is 0.624. The van der Waals surface area contributed by atoms with Gasteiger partial charge in [0.2, 0.25) is 0 Å². The second kappa shape index (κ2) is 6.24. The first-order valence-corrected chi connectivity index (χ1v) is 5.92. The number of benzene rings is 1. The second-order valence-corrected chi connectivity index (χ2v) is 4.77. The van der Waals surface area contributed by atoms with Crippen molar-refractivity contribution in [2.24, 2.45) is 0 Å². The smallest absolute Gasteiger partial charge is 0.293 e. The van der Waals surface area contributed by atoms with E-state index in [1.165, 1.54) is 0 Å². The normalized spacial score (nSPS) is 11.4. The van der Waals surface area contributed by atoms with Crippen molar-refractivity contribution in [3.63, 3.8) is 0 Å². The standard InChI is InChI=1S/C10H12BrFN2O5/c11-6-1-9(14(18)19)8(2-7(6)12)13-10(3-15,4-16)5-17/h1-2,13,15-17H,3-5H2. The lowest BCUT2D eigenvalue weighted by Crippen LogP contribution is -2.49. The Labute approximate surface area is 116 Å². The van der Waals surface area contributed by atoms with Crippen molar-refractivity contribution in [2.75, 3.05) is 25.1 Å². The molecule has 0 spiro atoms. The molecule has 4 N–H and O–H groups in total. The molecule has 0 saturated carbocycles. The van der Waals surface area contributed by atoms with Crippen molar-refractivity contribution in [1.29, 1.82) is 0 Å². The molecule has 0 aliphatic heterocycles. The molecule has 19 heavy (non-hydrogen) atoms. The van der Waals surface area contributed by atoms with Crippen LogP contribution in [-0.2, 0) is 0 Å². The van der Waals surface area contributed by atoms with Crippen LogP contribution in [0.4, 0.5) is 15.8 Å². The van der Waals surface area contributed by atoms with E-state index in [-0.39, 0.29) is 10.2 Å². The van der Waals surface area contributed by atoms with Crippen molar-refractivity contribution in [1.82, 2.24) is 0 Å². The van der Waals surface area contributed by atoms with Gasteiger partial charge in [-0.25, -0.2) is 4.39 Å². The maximum Gasteiger partial charge on any atom is 0.293 e. The Balaban J connectivity index is 3.26. The van der Waals surface area contributed by atoms with Crippen molar-refractivity contribution < 1.29 is 24.6 Å². The Morgan fingerprint density at radius 3 is 2.26 bits per heavy atom. The van der Waals surface area contributed by atoms with E-state index in [9.17, 15) is 14.5 Å². The van der Waals surface area contributed by atoms with E-state index in [4.69, 9.17) is 15.3 Å². The number of anilines is 1. The van der Waals surface area contributed by atoms with Gasteiger partial charge in [-0.2, -0.15) is 0 Å². The maximum atomic E-state index is 13.4. The molecule has 1 aromatic rings. The molecule has 9 heteroatoms. The van der Waals surface area contributed by atoms with E-state index >= 15 is 0 Å². The third-order valence-corrected chi connectivity index (χ3v) is 3.15. The van der Waals surface area contributed by atoms with Crippen LogP contribution in [0.1, 0.15) is 0 Å². The van der Waals surface area contributed by atoms with Crippen LogP contribution in [-0.4, -0.2) is 45.6 Å². The molecule has 0 heterocycles. The second-order valence-electron chi connectivity index (χ2n) is 3.92. The van der Waals surface area contributed by atoms with Crippen LogP contribution in [0.3, 0.4) is 0 Å². The summed E-state index contributed by atoms with van der Waals surface area (Å²) < 4.78 is 13.3. The Morgan fingerprint density at radius 2 is 1.84 bits per heavy atom. The van der Waals surface area contributed by atoms with E-state index in [0.29, 0.717) is 0 Å². The number of nitro groups is 1. The summed E-state index contributed by atoms with van der Waals surface area (Å²) in [4.78, 5) is 10.1. The van der Waals surface area contributed by atoms with Crippen LogP contribution in [0.2, 0.25) is 0 Å². The zero-order valence-corrected chi connectivity index (χ0v) is 11.2. The Morgan fingerprint density at radius 1 is 1.32 bits per heavy atom. The highest BCUT2D eigenvalue weighted by Gasteiger charge is 2.31. The molecule has 0 amide bonds. The summed E-state index contributed by atoms with van der Waals surface area (Å²) in [5, 5.41) is 40.7. The van der Waals surface area contributed by atoms with Gasteiger partial charge in [0.05, 0.1) is 29.2 Å². The molecule has 0 atom stereocenters. The van der Waals surface area contributed by atoms with Crippen LogP contribution in [0.15, 0.2) is 16.6 Å². The lowest BCUT2D eigenvalue weighted by Gasteiger charge is -2.29. The number of nitrogens with zero attached hydrogens (tertiary/aromatic N) is 1. The third-order valence-electron chi connectivity index (χ3n) is 2.54. The molecular formula is C10H12BrFN2O5. The first-order chi connectivity index (χ1) is 8.89. The summed E-state index contributed by atoms with van der Waals surface area (Å²) in [7, 11) is 0. The van der Waals surface area contributed by atoms with E-state index in [0.717, 1.165) is 12.1 Å². The minimum Gasteiger partial charge on any atom is -0.394 e. The number of nitrogens with one attached hydrogen (secondary N) is 1. The predicted molar refractivity (Wildman–Crippen MR) is 68.4 cm³/mol. The fourth-order valence-corrected chi connectivity index (χ4v) is 1.67. The highest BCUT2D eigenvalue weighted by atomic mass is 79.9.